The summed E-state index contributed by atoms with van der Waals surface area (Å²) in [5.41, 5.74) is 1.27. The number of rotatable bonds is 11. The average Bonchev–Trinajstić information content (AvgIpc) is 3.12. The molecule has 1 aliphatic rings. The van der Waals surface area contributed by atoms with Crippen molar-refractivity contribution in [3.63, 3.8) is 0 Å². The number of aryl methyl sites for hydroxylation is 1. The zero-order valence-electron chi connectivity index (χ0n) is 26.7. The number of benzene rings is 5. The van der Waals surface area contributed by atoms with Crippen LogP contribution < -0.4 is 4.31 Å². The topological polar surface area (TPSA) is 90.0 Å². The van der Waals surface area contributed by atoms with Crippen LogP contribution in [0.5, 0.6) is 0 Å². The summed E-state index contributed by atoms with van der Waals surface area (Å²) in [5.74, 6) is -2.81. The van der Waals surface area contributed by atoms with Crippen LogP contribution in [0.15, 0.2) is 161 Å². The summed E-state index contributed by atoms with van der Waals surface area (Å²) in [7, 11) is -4.40. The van der Waals surface area contributed by atoms with Gasteiger partial charge in [0, 0.05) is 10.4 Å². The Morgan fingerprint density at radius 2 is 1.18 bits per heavy atom. The molecule has 0 bridgehead atoms. The van der Waals surface area contributed by atoms with Gasteiger partial charge >= 0.3 is 11.9 Å². The van der Waals surface area contributed by atoms with E-state index in [9.17, 15) is 18.0 Å². The van der Waals surface area contributed by atoms with Crippen molar-refractivity contribution in [2.24, 2.45) is 5.41 Å². The van der Waals surface area contributed by atoms with Gasteiger partial charge in [0.05, 0.1) is 16.6 Å². The first-order valence-electron chi connectivity index (χ1n) is 15.7. The first kappa shape index (κ1) is 33.9. The van der Waals surface area contributed by atoms with Crippen molar-refractivity contribution in [2.75, 3.05) is 4.31 Å². The Hall–Kier alpha value is -4.99. The summed E-state index contributed by atoms with van der Waals surface area (Å²) < 4.78 is 43.4. The molecule has 1 aliphatic carbocycles. The number of para-hydroxylation sites is 1. The number of sulfonamides is 1. The van der Waals surface area contributed by atoms with Crippen LogP contribution in [0.3, 0.4) is 0 Å². The molecule has 7 nitrogen and oxygen atoms in total. The van der Waals surface area contributed by atoms with E-state index < -0.39 is 39.3 Å². The molecule has 1 fully saturated rings. The molecule has 0 unspecified atom stereocenters. The summed E-state index contributed by atoms with van der Waals surface area (Å²) in [6.07, 6.45) is 0. The molecule has 0 N–H and O–H groups in total. The fraction of sp³-hybridized carbons (Fsp3) is 0.150. The molecule has 0 saturated heterocycles. The van der Waals surface area contributed by atoms with E-state index in [2.05, 4.69) is 22.5 Å². The molecule has 1 saturated carbocycles. The quantitative estimate of drug-likeness (QED) is 0.0773. The van der Waals surface area contributed by atoms with Gasteiger partial charge in [-0.15, -0.1) is 0 Å². The Kier molecular flexibility index (Phi) is 9.85. The lowest BCUT2D eigenvalue weighted by Crippen LogP contribution is -2.70. The molecule has 0 heterocycles. The van der Waals surface area contributed by atoms with Gasteiger partial charge < -0.3 is 9.47 Å². The van der Waals surface area contributed by atoms with E-state index in [0.717, 1.165) is 14.3 Å². The van der Waals surface area contributed by atoms with Gasteiger partial charge in [-0.25, -0.2) is 8.42 Å². The Morgan fingerprint density at radius 3 is 1.67 bits per heavy atom. The molecule has 49 heavy (non-hydrogen) atoms. The van der Waals surface area contributed by atoms with Crippen LogP contribution in [-0.2, 0) is 42.3 Å². The minimum atomic E-state index is -4.40. The molecule has 0 radical (unpaired) electrons. The average molecular weight is 737 g/mol. The molecule has 9 heteroatoms. The maximum atomic E-state index is 14.8. The molecular weight excluding hydrogens is 702 g/mol. The highest BCUT2D eigenvalue weighted by Gasteiger charge is 2.73. The predicted octanol–water partition coefficient (Wildman–Crippen LogP) is 8.15. The number of halogens is 1. The van der Waals surface area contributed by atoms with Crippen molar-refractivity contribution in [1.82, 2.24) is 0 Å². The summed E-state index contributed by atoms with van der Waals surface area (Å²) >= 11 is 3.47. The van der Waals surface area contributed by atoms with Gasteiger partial charge in [-0.2, -0.15) is 0 Å². The van der Waals surface area contributed by atoms with Gasteiger partial charge in [-0.3, -0.25) is 13.9 Å². The lowest BCUT2D eigenvalue weighted by atomic mass is 9.51. The van der Waals surface area contributed by atoms with Crippen LogP contribution in [0.2, 0.25) is 0 Å². The molecule has 248 valence electrons. The molecular formula is C40H34BrNO6S. The zero-order valence-corrected chi connectivity index (χ0v) is 29.1. The predicted molar refractivity (Wildman–Crippen MR) is 192 cm³/mol. The van der Waals surface area contributed by atoms with Crippen LogP contribution in [0.25, 0.3) is 0 Å². The second-order valence-corrected chi connectivity index (χ2v) is 14.6. The van der Waals surface area contributed by atoms with Crippen molar-refractivity contribution < 1.29 is 27.5 Å². The van der Waals surface area contributed by atoms with Crippen molar-refractivity contribution in [1.29, 1.82) is 0 Å². The summed E-state index contributed by atoms with van der Waals surface area (Å²) in [6.45, 7) is 5.93. The number of carbonyl (C=O) groups is 2. The van der Waals surface area contributed by atoms with Gasteiger partial charge in [-0.05, 0) is 65.6 Å². The molecule has 0 aromatic heterocycles. The van der Waals surface area contributed by atoms with E-state index >= 15 is 0 Å². The van der Waals surface area contributed by atoms with E-state index in [1.807, 2.05) is 43.3 Å². The smallest absolute Gasteiger partial charge is 0.327 e. The number of nitrogens with zero attached hydrogens (tertiary/aromatic N) is 1. The van der Waals surface area contributed by atoms with Gasteiger partial charge in [0.25, 0.3) is 10.0 Å². The number of anilines is 1. The Bertz CT molecular complexity index is 2000. The standard InChI is InChI=1S/C40H34BrNO6S/c1-28-18-24-35(25-19-28)49(45,46)42(34-16-10-5-11-17-34)37-29(2)36(32-20-22-33(41)23-21-32)40(37,38(43)47-26-30-12-6-3-7-13-30)39(44)48-27-31-14-8-4-9-15-31/h3-25,36-37H,2,26-27H2,1H3/t36-,37+/m0/s1. The van der Waals surface area contributed by atoms with Gasteiger partial charge in [0.15, 0.2) is 0 Å². The van der Waals surface area contributed by atoms with E-state index in [0.29, 0.717) is 22.3 Å². The third kappa shape index (κ3) is 6.56. The fourth-order valence-corrected chi connectivity index (χ4v) is 8.27. The van der Waals surface area contributed by atoms with Gasteiger partial charge in [0.2, 0.25) is 5.41 Å². The summed E-state index contributed by atoms with van der Waals surface area (Å²) in [5, 5.41) is 0. The molecule has 0 aliphatic heterocycles. The van der Waals surface area contributed by atoms with Crippen LogP contribution in [0, 0.1) is 12.3 Å². The molecule has 6 rings (SSSR count). The first-order valence-corrected chi connectivity index (χ1v) is 17.9. The van der Waals surface area contributed by atoms with E-state index in [1.165, 1.54) is 12.1 Å². The Balaban J connectivity index is 1.55. The van der Waals surface area contributed by atoms with Crippen molar-refractivity contribution in [2.45, 2.75) is 37.0 Å². The summed E-state index contributed by atoms with van der Waals surface area (Å²) in [4.78, 5) is 29.6. The lowest BCUT2D eigenvalue weighted by Gasteiger charge is -2.56. The first-order chi connectivity index (χ1) is 23.6. The monoisotopic (exact) mass is 735 g/mol. The Labute approximate surface area is 295 Å². The fourth-order valence-electron chi connectivity index (χ4n) is 6.32. The van der Waals surface area contributed by atoms with E-state index in [4.69, 9.17) is 9.47 Å². The molecule has 5 aromatic carbocycles. The second kappa shape index (κ2) is 14.2. The lowest BCUT2D eigenvalue weighted by molar-refractivity contribution is -0.181. The maximum absolute atomic E-state index is 14.8. The molecule has 0 spiro atoms. The van der Waals surface area contributed by atoms with Crippen molar-refractivity contribution in [3.8, 4) is 0 Å². The maximum Gasteiger partial charge on any atom is 0.327 e. The number of hydrogen-bond acceptors (Lipinski definition) is 6. The highest BCUT2D eigenvalue weighted by molar-refractivity contribution is 9.10. The number of esters is 2. The summed E-state index contributed by atoms with van der Waals surface area (Å²) in [6, 6.07) is 38.7. The SMILES string of the molecule is C=C1[C@@H](c2ccc(Br)cc2)C(C(=O)OCc2ccccc2)(C(=O)OCc2ccccc2)[C@@H]1N(c1ccccc1)S(=O)(=O)c1ccc(C)cc1. The largest absolute Gasteiger partial charge is 0.460 e. The third-order valence-corrected chi connectivity index (χ3v) is 11.1. The van der Waals surface area contributed by atoms with Crippen molar-refractivity contribution in [3.05, 3.63) is 178 Å². The zero-order chi connectivity index (χ0) is 34.6. The van der Waals surface area contributed by atoms with E-state index in [-0.39, 0.29) is 23.8 Å². The van der Waals surface area contributed by atoms with Gasteiger partial charge in [-0.1, -0.05) is 131 Å². The van der Waals surface area contributed by atoms with Crippen LogP contribution in [0.1, 0.15) is 28.2 Å². The number of hydrogen-bond donors (Lipinski definition) is 0. The minimum Gasteiger partial charge on any atom is -0.460 e. The van der Waals surface area contributed by atoms with Crippen LogP contribution in [0.4, 0.5) is 5.69 Å². The third-order valence-electron chi connectivity index (χ3n) is 8.74. The highest BCUT2D eigenvalue weighted by Crippen LogP contribution is 2.61. The van der Waals surface area contributed by atoms with Crippen molar-refractivity contribution >= 4 is 43.6 Å². The Morgan fingerprint density at radius 1 is 0.714 bits per heavy atom. The second-order valence-electron chi connectivity index (χ2n) is 11.9. The molecule has 2 atom stereocenters. The van der Waals surface area contributed by atoms with Crippen LogP contribution >= 0.6 is 15.9 Å². The van der Waals surface area contributed by atoms with Gasteiger partial charge in [0.1, 0.15) is 13.2 Å². The molecule has 5 aromatic rings. The van der Waals surface area contributed by atoms with E-state index in [1.54, 1.807) is 91.0 Å². The molecule has 0 amide bonds. The van der Waals surface area contributed by atoms with Crippen LogP contribution in [-0.4, -0.2) is 26.4 Å². The highest BCUT2D eigenvalue weighted by atomic mass is 79.9. The number of ether oxygens (including phenoxy) is 2. The number of carbonyl (C=O) groups excluding carboxylic acids is 2. The minimum absolute atomic E-state index is 0.00829. The normalized spacial score (nSPS) is 16.7.